The van der Waals surface area contributed by atoms with Crippen molar-refractivity contribution in [3.05, 3.63) is 85.0 Å². The van der Waals surface area contributed by atoms with Crippen molar-refractivity contribution in [1.29, 1.82) is 0 Å². The Morgan fingerprint density at radius 1 is 1.13 bits per heavy atom. The fourth-order valence-electron chi connectivity index (χ4n) is 4.04. The normalized spacial score (nSPS) is 18.5. The molecule has 0 aliphatic carbocycles. The van der Waals surface area contributed by atoms with E-state index in [2.05, 4.69) is 5.32 Å². The van der Waals surface area contributed by atoms with Gasteiger partial charge < -0.3 is 14.8 Å². The molecule has 10 nitrogen and oxygen atoms in total. The molecular formula is C26H25Cl2N3O7S. The van der Waals surface area contributed by atoms with Crippen molar-refractivity contribution >= 4 is 58.4 Å². The van der Waals surface area contributed by atoms with Crippen molar-refractivity contribution in [3.63, 3.8) is 0 Å². The molecule has 2 heterocycles. The maximum Gasteiger partial charge on any atom is 0.355 e. The number of nitrogens with one attached hydrogen (secondary N) is 1. The zero-order chi connectivity index (χ0) is 28.3. The molecule has 39 heavy (non-hydrogen) atoms. The Morgan fingerprint density at radius 3 is 2.46 bits per heavy atom. The fraction of sp³-hybridized carbons (Fsp3) is 0.346. The number of amides is 2. The molecule has 2 aromatic rings. The number of carbonyl (C=O) groups is 3. The Bertz CT molecular complexity index is 1330. The fourth-order valence-corrected chi connectivity index (χ4v) is 5.69. The number of hydrogen-bond donors (Lipinski definition) is 1. The SMILES string of the molecule is CC(C)OCC1=C(C(=O)OCc2ccc([N+](=O)[O-])cc2)N2C(=O)C(NC(=O)Cc3ccc(Cl)c(Cl)c3)[C@H]2SC1. The minimum atomic E-state index is -0.810. The number of ether oxygens (including phenoxy) is 2. The summed E-state index contributed by atoms with van der Waals surface area (Å²) in [5, 5.41) is 13.8. The third-order valence-corrected chi connectivity index (χ3v) is 8.09. The van der Waals surface area contributed by atoms with Crippen molar-refractivity contribution < 1.29 is 28.8 Å². The lowest BCUT2D eigenvalue weighted by molar-refractivity contribution is -0.384. The number of carbonyl (C=O) groups excluding carboxylic acids is 3. The molecule has 2 aromatic carbocycles. The summed E-state index contributed by atoms with van der Waals surface area (Å²) in [6, 6.07) is 9.70. The highest BCUT2D eigenvalue weighted by Crippen LogP contribution is 2.41. The lowest BCUT2D eigenvalue weighted by atomic mass is 10.0. The Labute approximate surface area is 238 Å². The first kappa shape index (κ1) is 28.9. The van der Waals surface area contributed by atoms with Gasteiger partial charge in [-0.1, -0.05) is 29.3 Å². The average molecular weight is 594 g/mol. The third-order valence-electron chi connectivity index (χ3n) is 6.01. The number of halogens is 2. The average Bonchev–Trinajstić information content (AvgIpc) is 2.90. The Kier molecular flexibility index (Phi) is 9.16. The number of esters is 1. The van der Waals surface area contributed by atoms with Crippen molar-refractivity contribution in [2.75, 3.05) is 12.4 Å². The van der Waals surface area contributed by atoms with Crippen LogP contribution in [0.5, 0.6) is 0 Å². The Morgan fingerprint density at radius 2 is 1.82 bits per heavy atom. The Balaban J connectivity index is 1.45. The second kappa shape index (κ2) is 12.4. The molecule has 1 N–H and O–H groups in total. The number of hydrogen-bond acceptors (Lipinski definition) is 8. The van der Waals surface area contributed by atoms with Gasteiger partial charge in [0.25, 0.3) is 11.6 Å². The van der Waals surface area contributed by atoms with Crippen LogP contribution in [0, 0.1) is 10.1 Å². The molecular weight excluding hydrogens is 569 g/mol. The number of thioether (sulfide) groups is 1. The van der Waals surface area contributed by atoms with Gasteiger partial charge in [-0.05, 0) is 54.8 Å². The number of nitrogens with zero attached hydrogens (tertiary/aromatic N) is 2. The smallest absolute Gasteiger partial charge is 0.355 e. The van der Waals surface area contributed by atoms with Gasteiger partial charge in [-0.15, -0.1) is 11.8 Å². The first-order valence-electron chi connectivity index (χ1n) is 12.0. The first-order chi connectivity index (χ1) is 18.5. The van der Waals surface area contributed by atoms with Gasteiger partial charge in [-0.25, -0.2) is 4.79 Å². The summed E-state index contributed by atoms with van der Waals surface area (Å²) in [4.78, 5) is 50.8. The maximum absolute atomic E-state index is 13.2. The molecule has 2 aliphatic heterocycles. The van der Waals surface area contributed by atoms with Gasteiger partial charge in [0, 0.05) is 17.9 Å². The van der Waals surface area contributed by atoms with E-state index in [4.69, 9.17) is 32.7 Å². The van der Waals surface area contributed by atoms with Gasteiger partial charge >= 0.3 is 5.97 Å². The van der Waals surface area contributed by atoms with Gasteiger partial charge in [-0.3, -0.25) is 24.6 Å². The lowest BCUT2D eigenvalue weighted by Crippen LogP contribution is -2.70. The van der Waals surface area contributed by atoms with Gasteiger partial charge in [0.15, 0.2) is 0 Å². The standard InChI is InChI=1S/C26H25Cl2N3O7S/c1-14(2)37-12-17-13-39-25-22(29-21(32)10-16-5-8-19(27)20(28)9-16)24(33)30(25)23(17)26(34)38-11-15-3-6-18(7-4-15)31(35)36/h3-9,14,22,25H,10-13H2,1-2H3,(H,29,32)/t22?,25-/m1/s1. The Hall–Kier alpha value is -3.12. The number of nitro groups is 1. The van der Waals surface area contributed by atoms with E-state index in [1.54, 1.807) is 18.2 Å². The zero-order valence-corrected chi connectivity index (χ0v) is 23.3. The molecule has 1 saturated heterocycles. The zero-order valence-electron chi connectivity index (χ0n) is 21.0. The van der Waals surface area contributed by atoms with Crippen molar-refractivity contribution in [1.82, 2.24) is 10.2 Å². The van der Waals surface area contributed by atoms with Gasteiger partial charge in [-0.2, -0.15) is 0 Å². The monoisotopic (exact) mass is 593 g/mol. The van der Waals surface area contributed by atoms with Crippen LogP contribution in [0.1, 0.15) is 25.0 Å². The molecule has 0 aromatic heterocycles. The third kappa shape index (κ3) is 6.73. The minimum absolute atomic E-state index is 0.00547. The van der Waals surface area contributed by atoms with E-state index in [9.17, 15) is 24.5 Å². The number of non-ortho nitro benzene ring substituents is 1. The second-order valence-corrected chi connectivity index (χ2v) is 11.1. The van der Waals surface area contributed by atoms with E-state index >= 15 is 0 Å². The van der Waals surface area contributed by atoms with Crippen LogP contribution in [-0.2, 0) is 36.9 Å². The number of rotatable bonds is 10. The van der Waals surface area contributed by atoms with Crippen LogP contribution in [0.2, 0.25) is 10.0 Å². The van der Waals surface area contributed by atoms with Crippen molar-refractivity contribution in [2.45, 2.75) is 44.4 Å². The molecule has 4 rings (SSSR count). The van der Waals surface area contributed by atoms with Gasteiger partial charge in [0.05, 0.1) is 34.1 Å². The van der Waals surface area contributed by atoms with Crippen LogP contribution in [0.3, 0.4) is 0 Å². The molecule has 1 fully saturated rings. The van der Waals surface area contributed by atoms with Crippen LogP contribution in [-0.4, -0.2) is 57.5 Å². The molecule has 2 atom stereocenters. The van der Waals surface area contributed by atoms with E-state index in [1.807, 2.05) is 13.8 Å². The molecule has 13 heteroatoms. The lowest BCUT2D eigenvalue weighted by Gasteiger charge is -2.49. The highest BCUT2D eigenvalue weighted by Gasteiger charge is 2.54. The minimum Gasteiger partial charge on any atom is -0.456 e. The molecule has 0 saturated carbocycles. The summed E-state index contributed by atoms with van der Waals surface area (Å²) >= 11 is 13.4. The molecule has 2 aliphatic rings. The summed E-state index contributed by atoms with van der Waals surface area (Å²) < 4.78 is 11.2. The number of fused-ring (bicyclic) bond motifs is 1. The van der Waals surface area contributed by atoms with E-state index in [0.29, 0.717) is 32.5 Å². The topological polar surface area (TPSA) is 128 Å². The molecule has 2 amide bonds. The van der Waals surface area contributed by atoms with Crippen LogP contribution >= 0.6 is 35.0 Å². The summed E-state index contributed by atoms with van der Waals surface area (Å²) in [6.07, 6.45) is -0.0935. The van der Waals surface area contributed by atoms with Crippen molar-refractivity contribution in [3.8, 4) is 0 Å². The number of β-lactam (4-membered cyclic amide) rings is 1. The molecule has 1 unspecified atom stereocenters. The molecule has 0 spiro atoms. The summed E-state index contributed by atoms with van der Waals surface area (Å²) in [7, 11) is 0. The predicted octanol–water partition coefficient (Wildman–Crippen LogP) is 4.27. The largest absolute Gasteiger partial charge is 0.456 e. The predicted molar refractivity (Wildman–Crippen MR) is 146 cm³/mol. The van der Waals surface area contributed by atoms with Gasteiger partial charge in [0.2, 0.25) is 5.91 Å². The highest BCUT2D eigenvalue weighted by molar-refractivity contribution is 8.00. The number of benzene rings is 2. The van der Waals surface area contributed by atoms with E-state index < -0.39 is 28.2 Å². The first-order valence-corrected chi connectivity index (χ1v) is 13.8. The van der Waals surface area contributed by atoms with Crippen LogP contribution < -0.4 is 5.32 Å². The van der Waals surface area contributed by atoms with Gasteiger partial charge in [0.1, 0.15) is 23.7 Å². The number of nitro benzene ring substituents is 1. The summed E-state index contributed by atoms with van der Waals surface area (Å²) in [5.74, 6) is -1.11. The second-order valence-electron chi connectivity index (χ2n) is 9.19. The summed E-state index contributed by atoms with van der Waals surface area (Å²) in [6.45, 7) is 3.72. The van der Waals surface area contributed by atoms with E-state index in [1.165, 1.54) is 40.9 Å². The summed E-state index contributed by atoms with van der Waals surface area (Å²) in [5.41, 5.74) is 1.82. The van der Waals surface area contributed by atoms with Crippen LogP contribution in [0.25, 0.3) is 0 Å². The van der Waals surface area contributed by atoms with Crippen LogP contribution in [0.4, 0.5) is 5.69 Å². The molecule has 0 radical (unpaired) electrons. The van der Waals surface area contributed by atoms with E-state index in [-0.39, 0.29) is 43.0 Å². The van der Waals surface area contributed by atoms with Crippen LogP contribution in [0.15, 0.2) is 53.7 Å². The highest BCUT2D eigenvalue weighted by atomic mass is 35.5. The van der Waals surface area contributed by atoms with E-state index in [0.717, 1.165) is 0 Å². The quantitative estimate of drug-likeness (QED) is 0.187. The maximum atomic E-state index is 13.2. The van der Waals surface area contributed by atoms with Crippen molar-refractivity contribution in [2.24, 2.45) is 0 Å². The molecule has 0 bridgehead atoms. The molecule has 206 valence electrons.